The Morgan fingerprint density at radius 3 is 2.28 bits per heavy atom. The maximum atomic E-state index is 9.93. The normalized spacial score (nSPS) is 24.5. The van der Waals surface area contributed by atoms with Crippen LogP contribution in [0.4, 0.5) is 0 Å². The molecule has 2 heterocycles. The SMILES string of the molecule is OC(CCOCCN1CCCCC1)N1CCCC1. The van der Waals surface area contributed by atoms with Gasteiger partial charge in [-0.15, -0.1) is 0 Å². The summed E-state index contributed by atoms with van der Waals surface area (Å²) in [5, 5.41) is 9.93. The van der Waals surface area contributed by atoms with Gasteiger partial charge in [0.1, 0.15) is 6.23 Å². The first kappa shape index (κ1) is 14.3. The van der Waals surface area contributed by atoms with Gasteiger partial charge in [0.25, 0.3) is 0 Å². The first-order chi connectivity index (χ1) is 8.86. The van der Waals surface area contributed by atoms with Gasteiger partial charge in [-0.2, -0.15) is 0 Å². The molecule has 0 radical (unpaired) electrons. The van der Waals surface area contributed by atoms with Crippen molar-refractivity contribution >= 4 is 0 Å². The molecule has 1 N–H and O–H groups in total. The molecule has 0 aromatic rings. The first-order valence-corrected chi connectivity index (χ1v) is 7.58. The predicted octanol–water partition coefficient (Wildman–Crippen LogP) is 1.29. The van der Waals surface area contributed by atoms with E-state index in [-0.39, 0.29) is 6.23 Å². The summed E-state index contributed by atoms with van der Waals surface area (Å²) in [5.74, 6) is 0. The molecule has 4 heteroatoms. The molecule has 2 fully saturated rings. The summed E-state index contributed by atoms with van der Waals surface area (Å²) >= 11 is 0. The fraction of sp³-hybridized carbons (Fsp3) is 1.00. The largest absolute Gasteiger partial charge is 0.380 e. The summed E-state index contributed by atoms with van der Waals surface area (Å²) in [5.41, 5.74) is 0. The third-order valence-corrected chi connectivity index (χ3v) is 4.08. The quantitative estimate of drug-likeness (QED) is 0.696. The Morgan fingerprint density at radius 2 is 1.56 bits per heavy atom. The molecular weight excluding hydrogens is 228 g/mol. The molecular formula is C14H28N2O2. The van der Waals surface area contributed by atoms with Crippen LogP contribution in [-0.2, 0) is 4.74 Å². The van der Waals surface area contributed by atoms with Crippen LogP contribution in [0.15, 0.2) is 0 Å². The summed E-state index contributed by atoms with van der Waals surface area (Å²) in [6.07, 6.45) is 6.99. The monoisotopic (exact) mass is 256 g/mol. The average molecular weight is 256 g/mol. The third-order valence-electron chi connectivity index (χ3n) is 4.08. The molecule has 0 bridgehead atoms. The van der Waals surface area contributed by atoms with Crippen molar-refractivity contribution in [2.24, 2.45) is 0 Å². The minimum absolute atomic E-state index is 0.289. The molecule has 0 spiro atoms. The highest BCUT2D eigenvalue weighted by Gasteiger charge is 2.19. The number of hydrogen-bond donors (Lipinski definition) is 1. The van der Waals surface area contributed by atoms with Gasteiger partial charge in [-0.25, -0.2) is 0 Å². The highest BCUT2D eigenvalue weighted by Crippen LogP contribution is 2.12. The average Bonchev–Trinajstić information content (AvgIpc) is 2.93. The Hall–Kier alpha value is -0.160. The molecule has 2 aliphatic rings. The van der Waals surface area contributed by atoms with Crippen molar-refractivity contribution in [1.82, 2.24) is 9.80 Å². The van der Waals surface area contributed by atoms with E-state index >= 15 is 0 Å². The molecule has 0 aromatic carbocycles. The number of aliphatic hydroxyl groups is 1. The topological polar surface area (TPSA) is 35.9 Å². The van der Waals surface area contributed by atoms with Crippen molar-refractivity contribution < 1.29 is 9.84 Å². The van der Waals surface area contributed by atoms with E-state index < -0.39 is 0 Å². The maximum absolute atomic E-state index is 9.93. The van der Waals surface area contributed by atoms with Crippen molar-refractivity contribution in [3.8, 4) is 0 Å². The number of ether oxygens (including phenoxy) is 1. The Kier molecular flexibility index (Phi) is 6.41. The summed E-state index contributed by atoms with van der Waals surface area (Å²) < 4.78 is 5.64. The zero-order valence-electron chi connectivity index (χ0n) is 11.5. The number of likely N-dealkylation sites (tertiary alicyclic amines) is 2. The fourth-order valence-corrected chi connectivity index (χ4v) is 2.89. The molecule has 0 aliphatic carbocycles. The lowest BCUT2D eigenvalue weighted by molar-refractivity contribution is -0.0121. The van der Waals surface area contributed by atoms with Crippen LogP contribution in [0.25, 0.3) is 0 Å². The van der Waals surface area contributed by atoms with E-state index in [1.165, 1.54) is 45.2 Å². The van der Waals surface area contributed by atoms with Gasteiger partial charge in [0, 0.05) is 26.1 Å². The molecule has 2 saturated heterocycles. The molecule has 1 unspecified atom stereocenters. The lowest BCUT2D eigenvalue weighted by atomic mass is 10.1. The van der Waals surface area contributed by atoms with Crippen molar-refractivity contribution in [3.05, 3.63) is 0 Å². The van der Waals surface area contributed by atoms with Crippen LogP contribution in [-0.4, -0.2) is 67.1 Å². The van der Waals surface area contributed by atoms with Crippen LogP contribution < -0.4 is 0 Å². The molecule has 0 amide bonds. The van der Waals surface area contributed by atoms with E-state index in [2.05, 4.69) is 9.80 Å². The molecule has 18 heavy (non-hydrogen) atoms. The van der Waals surface area contributed by atoms with E-state index in [4.69, 9.17) is 4.74 Å². The van der Waals surface area contributed by atoms with E-state index in [1.54, 1.807) is 0 Å². The Bertz CT molecular complexity index is 214. The lowest BCUT2D eigenvalue weighted by Crippen LogP contribution is -2.34. The van der Waals surface area contributed by atoms with Crippen LogP contribution in [0.3, 0.4) is 0 Å². The van der Waals surface area contributed by atoms with Gasteiger partial charge in [0.2, 0.25) is 0 Å². The van der Waals surface area contributed by atoms with Crippen LogP contribution in [0, 0.1) is 0 Å². The van der Waals surface area contributed by atoms with Gasteiger partial charge >= 0.3 is 0 Å². The second-order valence-corrected chi connectivity index (χ2v) is 5.53. The van der Waals surface area contributed by atoms with Crippen LogP contribution in [0.1, 0.15) is 38.5 Å². The predicted molar refractivity (Wildman–Crippen MR) is 72.5 cm³/mol. The number of rotatable bonds is 7. The second-order valence-electron chi connectivity index (χ2n) is 5.53. The standard InChI is InChI=1S/C14H28N2O2/c17-14(16-9-4-5-10-16)6-12-18-13-11-15-7-2-1-3-8-15/h14,17H,1-13H2. The highest BCUT2D eigenvalue weighted by molar-refractivity contribution is 4.69. The van der Waals surface area contributed by atoms with Crippen molar-refractivity contribution in [3.63, 3.8) is 0 Å². The van der Waals surface area contributed by atoms with E-state index in [0.717, 1.165) is 32.7 Å². The molecule has 106 valence electrons. The molecule has 4 nitrogen and oxygen atoms in total. The van der Waals surface area contributed by atoms with Gasteiger partial charge in [0.15, 0.2) is 0 Å². The second kappa shape index (κ2) is 8.10. The van der Waals surface area contributed by atoms with E-state index in [9.17, 15) is 5.11 Å². The van der Waals surface area contributed by atoms with Crippen LogP contribution in [0.5, 0.6) is 0 Å². The Balaban J connectivity index is 1.45. The van der Waals surface area contributed by atoms with E-state index in [1.807, 2.05) is 0 Å². The van der Waals surface area contributed by atoms with Crippen LogP contribution >= 0.6 is 0 Å². The molecule has 0 saturated carbocycles. The number of nitrogens with zero attached hydrogens (tertiary/aromatic N) is 2. The minimum Gasteiger partial charge on any atom is -0.380 e. The van der Waals surface area contributed by atoms with Crippen molar-refractivity contribution in [2.75, 3.05) is 45.9 Å². The summed E-state index contributed by atoms with van der Waals surface area (Å²) in [6, 6.07) is 0. The molecule has 0 aromatic heterocycles. The Morgan fingerprint density at radius 1 is 0.889 bits per heavy atom. The van der Waals surface area contributed by atoms with Gasteiger partial charge < -0.3 is 14.7 Å². The summed E-state index contributed by atoms with van der Waals surface area (Å²) in [4.78, 5) is 4.65. The van der Waals surface area contributed by atoms with Crippen LogP contribution in [0.2, 0.25) is 0 Å². The fourth-order valence-electron chi connectivity index (χ4n) is 2.89. The Labute approximate surface area is 111 Å². The highest BCUT2D eigenvalue weighted by atomic mass is 16.5. The summed E-state index contributed by atoms with van der Waals surface area (Å²) in [6.45, 7) is 7.13. The van der Waals surface area contributed by atoms with Crippen molar-refractivity contribution in [2.45, 2.75) is 44.8 Å². The number of aliphatic hydroxyl groups excluding tert-OH is 1. The van der Waals surface area contributed by atoms with Gasteiger partial charge in [-0.1, -0.05) is 6.42 Å². The van der Waals surface area contributed by atoms with Crippen molar-refractivity contribution in [1.29, 1.82) is 0 Å². The molecule has 2 aliphatic heterocycles. The lowest BCUT2D eigenvalue weighted by Gasteiger charge is -2.26. The first-order valence-electron chi connectivity index (χ1n) is 7.58. The molecule has 2 rings (SSSR count). The maximum Gasteiger partial charge on any atom is 0.109 e. The number of piperidine rings is 1. The van der Waals surface area contributed by atoms with Gasteiger partial charge in [0.05, 0.1) is 13.2 Å². The minimum atomic E-state index is -0.289. The zero-order chi connectivity index (χ0) is 12.6. The zero-order valence-corrected chi connectivity index (χ0v) is 11.5. The number of hydrogen-bond acceptors (Lipinski definition) is 4. The molecule has 1 atom stereocenters. The third kappa shape index (κ3) is 4.84. The van der Waals surface area contributed by atoms with Gasteiger partial charge in [-0.05, 0) is 38.8 Å². The smallest absolute Gasteiger partial charge is 0.109 e. The van der Waals surface area contributed by atoms with E-state index in [0.29, 0.717) is 6.61 Å². The van der Waals surface area contributed by atoms with Gasteiger partial charge in [-0.3, -0.25) is 4.90 Å². The summed E-state index contributed by atoms with van der Waals surface area (Å²) in [7, 11) is 0.